The van der Waals surface area contributed by atoms with Crippen LogP contribution >= 0.6 is 0 Å². The molecule has 0 bridgehead atoms. The summed E-state index contributed by atoms with van der Waals surface area (Å²) in [6.07, 6.45) is 0. The van der Waals surface area contributed by atoms with Crippen molar-refractivity contribution in [1.29, 1.82) is 0 Å². The molecule has 1 atom stereocenters. The Balaban J connectivity index is 3.92. The molecular formula is C6H10O5. The first-order valence-corrected chi connectivity index (χ1v) is 2.95. The molecule has 0 rings (SSSR count). The van der Waals surface area contributed by atoms with Gasteiger partial charge in [0.15, 0.2) is 5.60 Å². The van der Waals surface area contributed by atoms with Crippen LogP contribution < -0.4 is 0 Å². The van der Waals surface area contributed by atoms with Crippen molar-refractivity contribution in [2.75, 3.05) is 6.61 Å². The average molecular weight is 162 g/mol. The zero-order chi connectivity index (χ0) is 9.07. The van der Waals surface area contributed by atoms with Crippen molar-refractivity contribution in [3.63, 3.8) is 0 Å². The lowest BCUT2D eigenvalue weighted by molar-refractivity contribution is -0.166. The van der Waals surface area contributed by atoms with Crippen LogP contribution in [0.25, 0.3) is 0 Å². The second kappa shape index (κ2) is 3.34. The molecule has 5 heteroatoms. The summed E-state index contributed by atoms with van der Waals surface area (Å²) in [4.78, 5) is 20.4. The topological polar surface area (TPSA) is 83.8 Å². The van der Waals surface area contributed by atoms with E-state index in [0.29, 0.717) is 0 Å². The van der Waals surface area contributed by atoms with Gasteiger partial charge in [0, 0.05) is 6.92 Å². The lowest BCUT2D eigenvalue weighted by atomic mass is 10.1. The molecule has 0 aromatic carbocycles. The van der Waals surface area contributed by atoms with Gasteiger partial charge in [-0.05, 0) is 6.92 Å². The van der Waals surface area contributed by atoms with Crippen LogP contribution in [0.4, 0.5) is 0 Å². The van der Waals surface area contributed by atoms with Gasteiger partial charge in [-0.15, -0.1) is 0 Å². The SMILES string of the molecule is CC(=O)OCC(C)(O)C(=O)O. The van der Waals surface area contributed by atoms with E-state index in [0.717, 1.165) is 13.8 Å². The zero-order valence-corrected chi connectivity index (χ0v) is 6.33. The number of carbonyl (C=O) groups is 2. The summed E-state index contributed by atoms with van der Waals surface area (Å²) in [5.41, 5.74) is -1.99. The Morgan fingerprint density at radius 2 is 2.00 bits per heavy atom. The fourth-order valence-electron chi connectivity index (χ4n) is 0.304. The number of hydrogen-bond acceptors (Lipinski definition) is 4. The Morgan fingerprint density at radius 1 is 1.55 bits per heavy atom. The van der Waals surface area contributed by atoms with Crippen LogP contribution in [0.5, 0.6) is 0 Å². The van der Waals surface area contributed by atoms with Gasteiger partial charge in [0.2, 0.25) is 0 Å². The molecule has 11 heavy (non-hydrogen) atoms. The highest BCUT2D eigenvalue weighted by atomic mass is 16.5. The van der Waals surface area contributed by atoms with Crippen LogP contribution in [0.2, 0.25) is 0 Å². The van der Waals surface area contributed by atoms with Crippen molar-refractivity contribution < 1.29 is 24.5 Å². The molecule has 0 amide bonds. The van der Waals surface area contributed by atoms with Crippen molar-refractivity contribution in [3.05, 3.63) is 0 Å². The van der Waals surface area contributed by atoms with Crippen LogP contribution in [0.1, 0.15) is 13.8 Å². The zero-order valence-electron chi connectivity index (χ0n) is 6.33. The lowest BCUT2D eigenvalue weighted by Gasteiger charge is -2.16. The first kappa shape index (κ1) is 9.90. The Kier molecular flexibility index (Phi) is 3.00. The van der Waals surface area contributed by atoms with E-state index >= 15 is 0 Å². The van der Waals surface area contributed by atoms with Crippen LogP contribution in [0.3, 0.4) is 0 Å². The number of ether oxygens (including phenoxy) is 1. The van der Waals surface area contributed by atoms with E-state index in [-0.39, 0.29) is 0 Å². The van der Waals surface area contributed by atoms with Gasteiger partial charge >= 0.3 is 11.9 Å². The third-order valence-corrected chi connectivity index (χ3v) is 1.02. The molecule has 0 saturated carbocycles. The molecule has 2 N–H and O–H groups in total. The van der Waals surface area contributed by atoms with Crippen molar-refractivity contribution in [1.82, 2.24) is 0 Å². The van der Waals surface area contributed by atoms with Crippen molar-refractivity contribution in [2.45, 2.75) is 19.4 Å². The maximum Gasteiger partial charge on any atom is 0.339 e. The third kappa shape index (κ3) is 3.57. The maximum atomic E-state index is 10.2. The summed E-state index contributed by atoms with van der Waals surface area (Å²) in [7, 11) is 0. The second-order valence-corrected chi connectivity index (χ2v) is 2.36. The molecule has 0 radical (unpaired) electrons. The van der Waals surface area contributed by atoms with Gasteiger partial charge in [-0.1, -0.05) is 0 Å². The molecular weight excluding hydrogens is 152 g/mol. The minimum atomic E-state index is -1.99. The van der Waals surface area contributed by atoms with Gasteiger partial charge in [0.1, 0.15) is 6.61 Å². The predicted molar refractivity (Wildman–Crippen MR) is 34.9 cm³/mol. The fourth-order valence-corrected chi connectivity index (χ4v) is 0.304. The molecule has 0 fully saturated rings. The molecule has 0 aliphatic rings. The minimum Gasteiger partial charge on any atom is -0.479 e. The monoisotopic (exact) mass is 162 g/mol. The van der Waals surface area contributed by atoms with E-state index in [1.807, 2.05) is 0 Å². The van der Waals surface area contributed by atoms with Gasteiger partial charge in [-0.2, -0.15) is 0 Å². The standard InChI is InChI=1S/C6H10O5/c1-4(7)11-3-6(2,10)5(8)9/h10H,3H2,1-2H3,(H,8,9). The van der Waals surface area contributed by atoms with Crippen LogP contribution in [0.15, 0.2) is 0 Å². The largest absolute Gasteiger partial charge is 0.479 e. The normalized spacial score (nSPS) is 15.2. The van der Waals surface area contributed by atoms with Gasteiger partial charge < -0.3 is 14.9 Å². The molecule has 0 aliphatic carbocycles. The number of aliphatic carboxylic acids is 1. The minimum absolute atomic E-state index is 0.530. The number of rotatable bonds is 3. The van der Waals surface area contributed by atoms with Gasteiger partial charge in [0.05, 0.1) is 0 Å². The summed E-state index contributed by atoms with van der Waals surface area (Å²) < 4.78 is 4.30. The van der Waals surface area contributed by atoms with Crippen molar-refractivity contribution in [2.24, 2.45) is 0 Å². The van der Waals surface area contributed by atoms with Crippen molar-refractivity contribution >= 4 is 11.9 Å². The number of aliphatic hydroxyl groups is 1. The molecule has 1 unspecified atom stereocenters. The van der Waals surface area contributed by atoms with Crippen LogP contribution in [0, 0.1) is 0 Å². The van der Waals surface area contributed by atoms with E-state index in [4.69, 9.17) is 10.2 Å². The van der Waals surface area contributed by atoms with Gasteiger partial charge in [-0.25, -0.2) is 4.79 Å². The van der Waals surface area contributed by atoms with E-state index in [1.165, 1.54) is 0 Å². The Labute approximate surface area is 63.6 Å². The van der Waals surface area contributed by atoms with Crippen molar-refractivity contribution in [3.8, 4) is 0 Å². The van der Waals surface area contributed by atoms with Crippen LogP contribution in [-0.2, 0) is 14.3 Å². The molecule has 5 nitrogen and oxygen atoms in total. The highest BCUT2D eigenvalue weighted by molar-refractivity contribution is 5.77. The van der Waals surface area contributed by atoms with Crippen LogP contribution in [-0.4, -0.2) is 34.4 Å². The molecule has 64 valence electrons. The van der Waals surface area contributed by atoms with E-state index in [2.05, 4.69) is 4.74 Å². The molecule has 0 aliphatic heterocycles. The molecule has 0 aromatic rings. The smallest absolute Gasteiger partial charge is 0.339 e. The van der Waals surface area contributed by atoms with E-state index in [1.54, 1.807) is 0 Å². The molecule has 0 spiro atoms. The summed E-state index contributed by atoms with van der Waals surface area (Å²) >= 11 is 0. The lowest BCUT2D eigenvalue weighted by Crippen LogP contribution is -2.40. The molecule has 0 saturated heterocycles. The highest BCUT2D eigenvalue weighted by Crippen LogP contribution is 2.03. The quantitative estimate of drug-likeness (QED) is 0.540. The summed E-state index contributed by atoms with van der Waals surface area (Å²) in [5.74, 6) is -2.04. The molecule has 0 aromatic heterocycles. The number of carboxylic acids is 1. The maximum absolute atomic E-state index is 10.2. The first-order chi connectivity index (χ1) is 4.86. The Morgan fingerprint density at radius 3 is 2.27 bits per heavy atom. The number of esters is 1. The fraction of sp³-hybridized carbons (Fsp3) is 0.667. The van der Waals surface area contributed by atoms with E-state index in [9.17, 15) is 9.59 Å². The molecule has 0 heterocycles. The van der Waals surface area contributed by atoms with Gasteiger partial charge in [-0.3, -0.25) is 4.79 Å². The highest BCUT2D eigenvalue weighted by Gasteiger charge is 2.31. The summed E-state index contributed by atoms with van der Waals surface area (Å²) in [6, 6.07) is 0. The van der Waals surface area contributed by atoms with Gasteiger partial charge in [0.25, 0.3) is 0 Å². The predicted octanol–water partition coefficient (Wildman–Crippen LogP) is -0.615. The third-order valence-electron chi connectivity index (χ3n) is 1.02. The number of hydrogen-bond donors (Lipinski definition) is 2. The Hall–Kier alpha value is -1.10. The number of carbonyl (C=O) groups excluding carboxylic acids is 1. The van der Waals surface area contributed by atoms with E-state index < -0.39 is 24.1 Å². The number of carboxylic acid groups (broad SMARTS) is 1. The second-order valence-electron chi connectivity index (χ2n) is 2.36. The summed E-state index contributed by atoms with van der Waals surface area (Å²) in [5, 5.41) is 17.3. The average Bonchev–Trinajstić information content (AvgIpc) is 1.84. The summed E-state index contributed by atoms with van der Waals surface area (Å²) in [6.45, 7) is 1.66. The first-order valence-electron chi connectivity index (χ1n) is 2.95. The Bertz CT molecular complexity index is 172.